The van der Waals surface area contributed by atoms with Gasteiger partial charge in [0.1, 0.15) is 31.2 Å². The molecule has 1 aliphatic rings. The minimum Gasteiger partial charge on any atom is -0.486 e. The van der Waals surface area contributed by atoms with E-state index in [1.807, 2.05) is 18.2 Å². The van der Waals surface area contributed by atoms with Gasteiger partial charge in [0, 0.05) is 0 Å². The normalized spacial score (nSPS) is 14.4. The molecule has 0 saturated heterocycles. The summed E-state index contributed by atoms with van der Waals surface area (Å²) in [4.78, 5) is 12.9. The van der Waals surface area contributed by atoms with E-state index in [0.29, 0.717) is 30.6 Å². The molecule has 0 aliphatic carbocycles. The molecule has 0 amide bonds. The molecule has 0 bridgehead atoms. The highest BCUT2D eigenvalue weighted by Crippen LogP contribution is 2.36. The predicted molar refractivity (Wildman–Crippen MR) is 100 cm³/mol. The number of fused-ring (bicyclic) bond motifs is 2. The molecular weight excluding hydrogens is 330 g/mol. The van der Waals surface area contributed by atoms with Gasteiger partial charge in [-0.05, 0) is 35.7 Å². The summed E-state index contributed by atoms with van der Waals surface area (Å²) in [7, 11) is 0. The first-order valence-corrected chi connectivity index (χ1v) is 8.65. The average molecular weight is 351 g/mol. The Kier molecular flexibility index (Phi) is 4.20. The second-order valence-electron chi connectivity index (χ2n) is 6.60. The molecule has 4 rings (SSSR count). The van der Waals surface area contributed by atoms with Gasteiger partial charge in [-0.3, -0.25) is 0 Å². The molecule has 3 N–H and O–H groups in total. The number of nitrogens with one attached hydrogen (secondary N) is 1. The van der Waals surface area contributed by atoms with Gasteiger partial charge in [0.15, 0.2) is 17.1 Å². The number of hydrogen-bond donors (Lipinski definition) is 2. The van der Waals surface area contributed by atoms with Crippen LogP contribution in [0, 0.1) is 5.92 Å². The van der Waals surface area contributed by atoms with Crippen LogP contribution in [0.2, 0.25) is 0 Å². The average Bonchev–Trinajstić information content (AvgIpc) is 2.65. The molecule has 3 heterocycles. The lowest BCUT2D eigenvalue weighted by molar-refractivity contribution is 0.171. The third-order valence-electron chi connectivity index (χ3n) is 4.40. The SMILES string of the molecule is CC(C)C(Nc1ncnc2nc(N)ccc12)c1ccc2c(c1)OCCO2. The number of pyridine rings is 1. The molecule has 26 heavy (non-hydrogen) atoms. The molecule has 7 nitrogen and oxygen atoms in total. The van der Waals surface area contributed by atoms with Crippen molar-refractivity contribution in [2.75, 3.05) is 24.3 Å². The number of anilines is 2. The summed E-state index contributed by atoms with van der Waals surface area (Å²) in [5, 5.41) is 4.37. The van der Waals surface area contributed by atoms with Crippen molar-refractivity contribution in [3.63, 3.8) is 0 Å². The molecule has 0 spiro atoms. The molecule has 1 aliphatic heterocycles. The zero-order valence-corrected chi connectivity index (χ0v) is 14.8. The quantitative estimate of drug-likeness (QED) is 0.745. The molecular formula is C19H21N5O2. The van der Waals surface area contributed by atoms with Crippen molar-refractivity contribution in [1.29, 1.82) is 0 Å². The smallest absolute Gasteiger partial charge is 0.166 e. The van der Waals surface area contributed by atoms with E-state index in [1.165, 1.54) is 6.33 Å². The zero-order chi connectivity index (χ0) is 18.1. The van der Waals surface area contributed by atoms with Crippen LogP contribution < -0.4 is 20.5 Å². The van der Waals surface area contributed by atoms with Gasteiger partial charge in [-0.25, -0.2) is 15.0 Å². The Labute approximate surface area is 151 Å². The fourth-order valence-electron chi connectivity index (χ4n) is 3.11. The lowest BCUT2D eigenvalue weighted by atomic mass is 9.95. The number of nitrogens with two attached hydrogens (primary N) is 1. The summed E-state index contributed by atoms with van der Waals surface area (Å²) in [5.41, 5.74) is 7.45. The van der Waals surface area contributed by atoms with E-state index in [0.717, 1.165) is 28.3 Å². The topological polar surface area (TPSA) is 95.2 Å². The molecule has 1 atom stereocenters. The van der Waals surface area contributed by atoms with Crippen LogP contribution >= 0.6 is 0 Å². The summed E-state index contributed by atoms with van der Waals surface area (Å²) < 4.78 is 11.3. The molecule has 7 heteroatoms. The fraction of sp³-hybridized carbons (Fsp3) is 0.316. The first-order valence-electron chi connectivity index (χ1n) is 8.65. The Hall–Kier alpha value is -3.09. The van der Waals surface area contributed by atoms with Crippen LogP contribution in [0.15, 0.2) is 36.7 Å². The third kappa shape index (κ3) is 3.08. The number of ether oxygens (including phenoxy) is 2. The van der Waals surface area contributed by atoms with Crippen LogP contribution in [0.3, 0.4) is 0 Å². The monoisotopic (exact) mass is 351 g/mol. The Bertz CT molecular complexity index is 944. The third-order valence-corrected chi connectivity index (χ3v) is 4.40. The second-order valence-corrected chi connectivity index (χ2v) is 6.60. The van der Waals surface area contributed by atoms with E-state index in [4.69, 9.17) is 15.2 Å². The van der Waals surface area contributed by atoms with Gasteiger partial charge < -0.3 is 20.5 Å². The summed E-state index contributed by atoms with van der Waals surface area (Å²) in [6.45, 7) is 5.48. The number of rotatable bonds is 4. The molecule has 3 aromatic rings. The van der Waals surface area contributed by atoms with E-state index in [2.05, 4.69) is 40.2 Å². The van der Waals surface area contributed by atoms with Gasteiger partial charge >= 0.3 is 0 Å². The van der Waals surface area contributed by atoms with Crippen LogP contribution in [-0.4, -0.2) is 28.2 Å². The van der Waals surface area contributed by atoms with Crippen LogP contribution in [-0.2, 0) is 0 Å². The Morgan fingerprint density at radius 1 is 1.04 bits per heavy atom. The maximum Gasteiger partial charge on any atom is 0.166 e. The summed E-state index contributed by atoms with van der Waals surface area (Å²) in [6, 6.07) is 9.74. The standard InChI is InChI=1S/C19H21N5O2/c1-11(2)17(12-3-5-14-15(9-12)26-8-7-25-14)24-19-13-4-6-16(20)23-18(13)21-10-22-19/h3-6,9-11,17H,7-8H2,1-2H3,(H3,20,21,22,23,24). The van der Waals surface area contributed by atoms with Crippen LogP contribution in [0.5, 0.6) is 11.5 Å². The van der Waals surface area contributed by atoms with E-state index in [9.17, 15) is 0 Å². The largest absolute Gasteiger partial charge is 0.486 e. The van der Waals surface area contributed by atoms with Gasteiger partial charge in [-0.1, -0.05) is 19.9 Å². The highest BCUT2D eigenvalue weighted by atomic mass is 16.6. The molecule has 0 radical (unpaired) electrons. The Balaban J connectivity index is 1.70. The lowest BCUT2D eigenvalue weighted by Gasteiger charge is -2.26. The van der Waals surface area contributed by atoms with E-state index in [1.54, 1.807) is 6.07 Å². The Morgan fingerprint density at radius 2 is 1.85 bits per heavy atom. The number of nitrogens with zero attached hydrogens (tertiary/aromatic N) is 3. The highest BCUT2D eigenvalue weighted by molar-refractivity contribution is 5.87. The molecule has 0 saturated carbocycles. The zero-order valence-electron chi connectivity index (χ0n) is 14.8. The van der Waals surface area contributed by atoms with Crippen molar-refractivity contribution in [2.45, 2.75) is 19.9 Å². The number of benzene rings is 1. The maximum atomic E-state index is 5.76. The van der Waals surface area contributed by atoms with Crippen LogP contribution in [0.25, 0.3) is 11.0 Å². The highest BCUT2D eigenvalue weighted by Gasteiger charge is 2.21. The number of nitrogen functional groups attached to an aromatic ring is 1. The fourth-order valence-corrected chi connectivity index (χ4v) is 3.11. The van der Waals surface area contributed by atoms with Crippen molar-refractivity contribution in [3.8, 4) is 11.5 Å². The maximum absolute atomic E-state index is 5.76. The molecule has 0 fully saturated rings. The van der Waals surface area contributed by atoms with Gasteiger partial charge in [0.25, 0.3) is 0 Å². The van der Waals surface area contributed by atoms with Crippen molar-refractivity contribution in [1.82, 2.24) is 15.0 Å². The van der Waals surface area contributed by atoms with Gasteiger partial charge in [0.05, 0.1) is 11.4 Å². The Morgan fingerprint density at radius 3 is 2.65 bits per heavy atom. The molecule has 134 valence electrons. The minimum absolute atomic E-state index is 0.0430. The van der Waals surface area contributed by atoms with Crippen molar-refractivity contribution in [2.24, 2.45) is 5.92 Å². The first-order chi connectivity index (χ1) is 12.6. The molecule has 2 aromatic heterocycles. The van der Waals surface area contributed by atoms with Crippen molar-refractivity contribution in [3.05, 3.63) is 42.2 Å². The van der Waals surface area contributed by atoms with Gasteiger partial charge in [0.2, 0.25) is 0 Å². The van der Waals surface area contributed by atoms with Crippen LogP contribution in [0.4, 0.5) is 11.6 Å². The minimum atomic E-state index is 0.0430. The van der Waals surface area contributed by atoms with E-state index < -0.39 is 0 Å². The second kappa shape index (κ2) is 6.67. The van der Waals surface area contributed by atoms with Crippen molar-refractivity contribution >= 4 is 22.7 Å². The molecule has 1 aromatic carbocycles. The number of aromatic nitrogens is 3. The van der Waals surface area contributed by atoms with Gasteiger partial charge in [-0.15, -0.1) is 0 Å². The van der Waals surface area contributed by atoms with E-state index in [-0.39, 0.29) is 6.04 Å². The summed E-state index contributed by atoms with van der Waals surface area (Å²) in [6.07, 6.45) is 1.50. The molecule has 1 unspecified atom stereocenters. The predicted octanol–water partition coefficient (Wildman–Crippen LogP) is 3.19. The van der Waals surface area contributed by atoms with E-state index >= 15 is 0 Å². The summed E-state index contributed by atoms with van der Waals surface area (Å²) in [5.74, 6) is 3.06. The van der Waals surface area contributed by atoms with Crippen molar-refractivity contribution < 1.29 is 9.47 Å². The van der Waals surface area contributed by atoms with Gasteiger partial charge in [-0.2, -0.15) is 0 Å². The van der Waals surface area contributed by atoms with Crippen LogP contribution in [0.1, 0.15) is 25.5 Å². The summed E-state index contributed by atoms with van der Waals surface area (Å²) >= 11 is 0. The number of hydrogen-bond acceptors (Lipinski definition) is 7. The lowest BCUT2D eigenvalue weighted by Crippen LogP contribution is -2.19. The first kappa shape index (κ1) is 16.4.